The van der Waals surface area contributed by atoms with Crippen LogP contribution in [-0.2, 0) is 4.74 Å². The number of aliphatic hydroxyl groups is 1. The largest absolute Gasteiger partial charge is 0.493 e. The van der Waals surface area contributed by atoms with E-state index in [0.29, 0.717) is 31.2 Å². The Labute approximate surface area is 152 Å². The first-order valence-electron chi connectivity index (χ1n) is 8.69. The van der Waals surface area contributed by atoms with Crippen molar-refractivity contribution in [2.45, 2.75) is 12.2 Å². The summed E-state index contributed by atoms with van der Waals surface area (Å²) in [5, 5.41) is 10.3. The van der Waals surface area contributed by atoms with Gasteiger partial charge in [-0.1, -0.05) is 24.3 Å². The van der Waals surface area contributed by atoms with Crippen LogP contribution in [0.15, 0.2) is 48.5 Å². The molecule has 5 nitrogen and oxygen atoms in total. The molecule has 3 rings (SSSR count). The smallest absolute Gasteiger partial charge is 0.161 e. The summed E-state index contributed by atoms with van der Waals surface area (Å²) in [6.07, 6.45) is -0.840. The fourth-order valence-corrected chi connectivity index (χ4v) is 3.05. The summed E-state index contributed by atoms with van der Waals surface area (Å²) in [6.45, 7) is 2.50. The van der Waals surface area contributed by atoms with Crippen LogP contribution in [0.5, 0.6) is 11.5 Å². The molecule has 2 aromatic carbocycles. The van der Waals surface area contributed by atoms with Gasteiger partial charge < -0.3 is 19.3 Å². The third-order valence-corrected chi connectivity index (χ3v) is 4.34. The highest BCUT2D eigenvalue weighted by atomic mass is 19.1. The first-order valence-corrected chi connectivity index (χ1v) is 8.69. The number of aliphatic hydroxyl groups excluding tert-OH is 1. The van der Waals surface area contributed by atoms with Crippen LogP contribution in [0, 0.1) is 5.82 Å². The standard InChI is InChI=1S/C20H24FNO4/c1-24-18-7-2-3-8-19(18)26-14-17(23)12-22-9-10-25-20(13-22)15-5-4-6-16(21)11-15/h2-8,11,17,20,23H,9-10,12-14H2,1H3. The number of nitrogens with zero attached hydrogens (tertiary/aromatic N) is 1. The number of morpholine rings is 1. The lowest BCUT2D eigenvalue weighted by Gasteiger charge is -2.34. The number of benzene rings is 2. The van der Waals surface area contributed by atoms with Gasteiger partial charge in [0.2, 0.25) is 0 Å². The van der Waals surface area contributed by atoms with Crippen molar-refractivity contribution < 1.29 is 23.7 Å². The van der Waals surface area contributed by atoms with Crippen molar-refractivity contribution in [2.75, 3.05) is 40.0 Å². The Morgan fingerprint density at radius 1 is 1.23 bits per heavy atom. The van der Waals surface area contributed by atoms with E-state index in [2.05, 4.69) is 4.90 Å². The van der Waals surface area contributed by atoms with Gasteiger partial charge in [0, 0.05) is 19.6 Å². The summed E-state index contributed by atoms with van der Waals surface area (Å²) in [5.74, 6) is 0.972. The highest BCUT2D eigenvalue weighted by Gasteiger charge is 2.24. The normalized spacial score (nSPS) is 19.1. The van der Waals surface area contributed by atoms with Gasteiger partial charge >= 0.3 is 0 Å². The molecule has 0 aromatic heterocycles. The molecule has 26 heavy (non-hydrogen) atoms. The van der Waals surface area contributed by atoms with E-state index in [-0.39, 0.29) is 18.5 Å². The maximum absolute atomic E-state index is 13.4. The van der Waals surface area contributed by atoms with Crippen molar-refractivity contribution in [3.63, 3.8) is 0 Å². The van der Waals surface area contributed by atoms with Crippen LogP contribution in [0.3, 0.4) is 0 Å². The molecule has 6 heteroatoms. The van der Waals surface area contributed by atoms with E-state index >= 15 is 0 Å². The molecule has 0 saturated carbocycles. The molecule has 1 aliphatic heterocycles. The van der Waals surface area contributed by atoms with Crippen molar-refractivity contribution >= 4 is 0 Å². The van der Waals surface area contributed by atoms with Crippen LogP contribution in [-0.4, -0.2) is 56.1 Å². The number of ether oxygens (including phenoxy) is 3. The Morgan fingerprint density at radius 2 is 2.04 bits per heavy atom. The fraction of sp³-hybridized carbons (Fsp3) is 0.400. The average Bonchev–Trinajstić information content (AvgIpc) is 2.67. The Morgan fingerprint density at radius 3 is 2.81 bits per heavy atom. The number of methoxy groups -OCH3 is 1. The number of hydrogen-bond acceptors (Lipinski definition) is 5. The number of halogens is 1. The summed E-state index contributed by atoms with van der Waals surface area (Å²) in [6, 6.07) is 13.8. The molecule has 2 atom stereocenters. The Kier molecular flexibility index (Phi) is 6.44. The Balaban J connectivity index is 1.51. The minimum absolute atomic E-state index is 0.169. The molecule has 0 spiro atoms. The minimum Gasteiger partial charge on any atom is -0.493 e. The quantitative estimate of drug-likeness (QED) is 0.822. The summed E-state index contributed by atoms with van der Waals surface area (Å²) >= 11 is 0. The number of β-amino-alcohol motifs (C(OH)–C–C–N with tert-alkyl or cyclic N) is 1. The molecule has 1 saturated heterocycles. The van der Waals surface area contributed by atoms with Crippen molar-refractivity contribution in [1.29, 1.82) is 0 Å². The number of rotatable bonds is 7. The predicted octanol–water partition coefficient (Wildman–Crippen LogP) is 2.65. The lowest BCUT2D eigenvalue weighted by Crippen LogP contribution is -2.43. The number of para-hydroxylation sites is 2. The van der Waals surface area contributed by atoms with Crippen LogP contribution in [0.2, 0.25) is 0 Å². The van der Waals surface area contributed by atoms with Crippen LogP contribution in [0.1, 0.15) is 11.7 Å². The zero-order valence-corrected chi connectivity index (χ0v) is 14.8. The van der Waals surface area contributed by atoms with Crippen molar-refractivity contribution in [3.05, 3.63) is 59.9 Å². The molecule has 1 fully saturated rings. The molecular weight excluding hydrogens is 337 g/mol. The molecular formula is C20H24FNO4. The van der Waals surface area contributed by atoms with E-state index in [1.165, 1.54) is 12.1 Å². The Hall–Kier alpha value is -2.15. The van der Waals surface area contributed by atoms with Gasteiger partial charge in [-0.25, -0.2) is 4.39 Å². The van der Waals surface area contributed by atoms with Crippen molar-refractivity contribution in [1.82, 2.24) is 4.90 Å². The second kappa shape index (κ2) is 8.98. The van der Waals surface area contributed by atoms with E-state index in [0.717, 1.165) is 12.1 Å². The van der Waals surface area contributed by atoms with Gasteiger partial charge in [-0.3, -0.25) is 4.90 Å². The third kappa shape index (κ3) is 4.94. The third-order valence-electron chi connectivity index (χ3n) is 4.34. The SMILES string of the molecule is COc1ccccc1OCC(O)CN1CCOC(c2cccc(F)c2)C1. The first kappa shape index (κ1) is 18.6. The maximum Gasteiger partial charge on any atom is 0.161 e. The van der Waals surface area contributed by atoms with Crippen molar-refractivity contribution in [3.8, 4) is 11.5 Å². The van der Waals surface area contributed by atoms with Gasteiger partial charge in [0.05, 0.1) is 19.8 Å². The van der Waals surface area contributed by atoms with E-state index in [1.807, 2.05) is 24.3 Å². The van der Waals surface area contributed by atoms with Gasteiger partial charge in [-0.05, 0) is 29.8 Å². The predicted molar refractivity (Wildman–Crippen MR) is 96.0 cm³/mol. The second-order valence-corrected chi connectivity index (χ2v) is 6.29. The van der Waals surface area contributed by atoms with Crippen LogP contribution >= 0.6 is 0 Å². The zero-order valence-electron chi connectivity index (χ0n) is 14.8. The highest BCUT2D eigenvalue weighted by molar-refractivity contribution is 5.39. The van der Waals surface area contributed by atoms with Gasteiger partial charge in [0.1, 0.15) is 18.5 Å². The van der Waals surface area contributed by atoms with Gasteiger partial charge in [-0.2, -0.15) is 0 Å². The molecule has 1 N–H and O–H groups in total. The van der Waals surface area contributed by atoms with Crippen LogP contribution < -0.4 is 9.47 Å². The van der Waals surface area contributed by atoms with Gasteiger partial charge in [0.25, 0.3) is 0 Å². The summed E-state index contributed by atoms with van der Waals surface area (Å²) in [5.41, 5.74) is 0.814. The van der Waals surface area contributed by atoms with Crippen molar-refractivity contribution in [2.24, 2.45) is 0 Å². The maximum atomic E-state index is 13.4. The van der Waals surface area contributed by atoms with Gasteiger partial charge in [-0.15, -0.1) is 0 Å². The lowest BCUT2D eigenvalue weighted by atomic mass is 10.1. The van der Waals surface area contributed by atoms with E-state index < -0.39 is 6.10 Å². The molecule has 2 aromatic rings. The molecule has 2 unspecified atom stereocenters. The van der Waals surface area contributed by atoms with Crippen LogP contribution in [0.4, 0.5) is 4.39 Å². The summed E-state index contributed by atoms with van der Waals surface area (Å²) in [7, 11) is 1.58. The molecule has 0 amide bonds. The number of hydrogen-bond donors (Lipinski definition) is 1. The fourth-order valence-electron chi connectivity index (χ4n) is 3.05. The Bertz CT molecular complexity index is 712. The van der Waals surface area contributed by atoms with E-state index in [9.17, 15) is 9.50 Å². The molecule has 0 radical (unpaired) electrons. The molecule has 140 valence electrons. The zero-order chi connectivity index (χ0) is 18.4. The van der Waals surface area contributed by atoms with E-state index in [4.69, 9.17) is 14.2 Å². The topological polar surface area (TPSA) is 51.2 Å². The van der Waals surface area contributed by atoms with E-state index in [1.54, 1.807) is 19.2 Å². The first-order chi connectivity index (χ1) is 12.7. The molecule has 1 heterocycles. The van der Waals surface area contributed by atoms with Gasteiger partial charge in [0.15, 0.2) is 11.5 Å². The lowest BCUT2D eigenvalue weighted by molar-refractivity contribution is -0.0461. The summed E-state index contributed by atoms with van der Waals surface area (Å²) < 4.78 is 30.1. The minimum atomic E-state index is -0.647. The average molecular weight is 361 g/mol. The molecule has 0 aliphatic carbocycles. The van der Waals surface area contributed by atoms with Crippen LogP contribution in [0.25, 0.3) is 0 Å². The second-order valence-electron chi connectivity index (χ2n) is 6.29. The summed E-state index contributed by atoms with van der Waals surface area (Å²) in [4.78, 5) is 2.11. The molecule has 1 aliphatic rings. The highest BCUT2D eigenvalue weighted by Crippen LogP contribution is 2.26. The molecule has 0 bridgehead atoms. The monoisotopic (exact) mass is 361 g/mol.